The molecule has 0 unspecified atom stereocenters. The Hall–Kier alpha value is -3.11. The Labute approximate surface area is 194 Å². The second kappa shape index (κ2) is 9.17. The molecule has 4 nitrogen and oxygen atoms in total. The van der Waals surface area contributed by atoms with E-state index in [0.717, 1.165) is 33.2 Å². The summed E-state index contributed by atoms with van der Waals surface area (Å²) in [5, 5.41) is 1.43. The third-order valence-corrected chi connectivity index (χ3v) is 5.22. The fourth-order valence-corrected chi connectivity index (χ4v) is 3.95. The third-order valence-electron chi connectivity index (χ3n) is 5.00. The number of rotatable bonds is 6. The molecule has 3 rings (SSSR count). The van der Waals surface area contributed by atoms with Gasteiger partial charge in [0.05, 0.1) is 5.52 Å². The average molecular weight is 450 g/mol. The van der Waals surface area contributed by atoms with Gasteiger partial charge in [-0.1, -0.05) is 49.0 Å². The lowest BCUT2D eigenvalue weighted by Crippen LogP contribution is -2.26. The average Bonchev–Trinajstić information content (AvgIpc) is 3.10. The van der Waals surface area contributed by atoms with Gasteiger partial charge < -0.3 is 4.74 Å². The van der Waals surface area contributed by atoms with Crippen molar-refractivity contribution in [2.45, 2.75) is 46.1 Å². The predicted octanol–water partition coefficient (Wildman–Crippen LogP) is 7.33. The number of aromatic nitrogens is 1. The van der Waals surface area contributed by atoms with E-state index in [1.165, 1.54) is 4.57 Å². The lowest BCUT2D eigenvalue weighted by atomic mass is 9.90. The maximum atomic E-state index is 12.7. The molecule has 0 aliphatic rings. The maximum Gasteiger partial charge on any atom is 0.418 e. The summed E-state index contributed by atoms with van der Waals surface area (Å²) in [5.74, 6) is 0.0652. The minimum Gasteiger partial charge on any atom is -0.443 e. The largest absolute Gasteiger partial charge is 0.443 e. The number of benzene rings is 2. The fraction of sp³-hybridized carbons (Fsp3) is 0.259. The van der Waals surface area contributed by atoms with E-state index in [-0.39, 0.29) is 5.78 Å². The van der Waals surface area contributed by atoms with Crippen molar-refractivity contribution in [1.29, 1.82) is 0 Å². The van der Waals surface area contributed by atoms with E-state index in [9.17, 15) is 9.59 Å². The van der Waals surface area contributed by atoms with Crippen molar-refractivity contribution in [3.05, 3.63) is 83.5 Å². The molecule has 0 N–H and O–H groups in total. The topological polar surface area (TPSA) is 48.3 Å². The zero-order valence-corrected chi connectivity index (χ0v) is 19.8. The molecule has 2 aromatic carbocycles. The molecule has 5 heteroatoms. The summed E-state index contributed by atoms with van der Waals surface area (Å²) in [6.45, 7) is 15.4. The summed E-state index contributed by atoms with van der Waals surface area (Å²) in [7, 11) is 0. The number of carbonyl (C=O) groups is 2. The van der Waals surface area contributed by atoms with Crippen LogP contribution in [0.25, 0.3) is 22.0 Å². The SMILES string of the molecule is C=C(CC(C)=O)c1ccccc1C(=C)Cc1cc(Cl)cc2c1ccn2C(=O)OC(C)(C)C. The number of nitrogens with zero attached hydrogens (tertiary/aromatic N) is 1. The molecule has 0 bridgehead atoms. The Morgan fingerprint density at radius 1 is 1.03 bits per heavy atom. The molecule has 0 fully saturated rings. The Balaban J connectivity index is 1.97. The summed E-state index contributed by atoms with van der Waals surface area (Å²) >= 11 is 6.41. The van der Waals surface area contributed by atoms with Gasteiger partial charge in [0.15, 0.2) is 0 Å². The van der Waals surface area contributed by atoms with Crippen LogP contribution in [0.4, 0.5) is 4.79 Å². The van der Waals surface area contributed by atoms with E-state index in [2.05, 4.69) is 13.2 Å². The number of carbonyl (C=O) groups excluding carboxylic acids is 2. The number of ether oxygens (including phenoxy) is 1. The molecule has 0 saturated heterocycles. The number of hydrogen-bond donors (Lipinski definition) is 0. The number of fused-ring (bicyclic) bond motifs is 1. The van der Waals surface area contributed by atoms with E-state index in [4.69, 9.17) is 16.3 Å². The van der Waals surface area contributed by atoms with Gasteiger partial charge >= 0.3 is 6.09 Å². The van der Waals surface area contributed by atoms with Crippen molar-refractivity contribution in [3.63, 3.8) is 0 Å². The van der Waals surface area contributed by atoms with E-state index < -0.39 is 11.7 Å². The van der Waals surface area contributed by atoms with Gasteiger partial charge in [-0.05, 0) is 80.2 Å². The second-order valence-electron chi connectivity index (χ2n) is 8.97. The molecule has 0 atom stereocenters. The first-order valence-corrected chi connectivity index (χ1v) is 10.8. The van der Waals surface area contributed by atoms with Crippen molar-refractivity contribution < 1.29 is 14.3 Å². The molecule has 0 radical (unpaired) electrons. The van der Waals surface area contributed by atoms with Crippen LogP contribution in [0.3, 0.4) is 0 Å². The quantitative estimate of drug-likeness (QED) is 0.396. The smallest absolute Gasteiger partial charge is 0.418 e. The van der Waals surface area contributed by atoms with Crippen molar-refractivity contribution in [1.82, 2.24) is 4.57 Å². The first kappa shape index (κ1) is 23.6. The van der Waals surface area contributed by atoms with Gasteiger partial charge in [-0.15, -0.1) is 0 Å². The van der Waals surface area contributed by atoms with Crippen LogP contribution in [0.15, 0.2) is 61.8 Å². The number of ketones is 1. The van der Waals surface area contributed by atoms with Gasteiger partial charge in [-0.3, -0.25) is 9.36 Å². The maximum absolute atomic E-state index is 12.7. The number of hydrogen-bond acceptors (Lipinski definition) is 3. The predicted molar refractivity (Wildman–Crippen MR) is 132 cm³/mol. The molecule has 0 saturated carbocycles. The molecular formula is C27H28ClNO3. The zero-order chi connectivity index (χ0) is 23.6. The molecular weight excluding hydrogens is 422 g/mol. The third kappa shape index (κ3) is 5.38. The molecule has 1 aromatic heterocycles. The van der Waals surface area contributed by atoms with Crippen molar-refractivity contribution in [2.75, 3.05) is 0 Å². The molecule has 32 heavy (non-hydrogen) atoms. The first-order valence-electron chi connectivity index (χ1n) is 10.4. The normalized spacial score (nSPS) is 11.4. The standard InChI is InChI=1S/C27H28ClNO3/c1-17(13-19(3)30)22-9-7-8-10-23(22)18(2)14-20-15-21(28)16-25-24(20)11-12-29(25)26(31)32-27(4,5)6/h7-12,15-16H,1-2,13-14H2,3-6H3. The molecule has 3 aromatic rings. The lowest BCUT2D eigenvalue weighted by Gasteiger charge is -2.20. The molecule has 0 aliphatic carbocycles. The summed E-state index contributed by atoms with van der Waals surface area (Å²) in [4.78, 5) is 24.2. The van der Waals surface area contributed by atoms with Crippen LogP contribution in [0.1, 0.15) is 50.8 Å². The highest BCUT2D eigenvalue weighted by Crippen LogP contribution is 2.32. The van der Waals surface area contributed by atoms with E-state index in [1.54, 1.807) is 19.2 Å². The van der Waals surface area contributed by atoms with Crippen LogP contribution in [-0.2, 0) is 16.0 Å². The Morgan fingerprint density at radius 2 is 1.66 bits per heavy atom. The molecule has 166 valence electrons. The van der Waals surface area contributed by atoms with E-state index >= 15 is 0 Å². The highest BCUT2D eigenvalue weighted by Gasteiger charge is 2.20. The number of Topliss-reactive ketones (excluding diaryl/α,β-unsaturated/α-hetero) is 1. The van der Waals surface area contributed by atoms with Crippen molar-refractivity contribution in [3.8, 4) is 0 Å². The van der Waals surface area contributed by atoms with Gasteiger partial charge in [0.2, 0.25) is 0 Å². The highest BCUT2D eigenvalue weighted by molar-refractivity contribution is 6.31. The number of allylic oxidation sites excluding steroid dienone is 2. The molecule has 0 amide bonds. The summed E-state index contributed by atoms with van der Waals surface area (Å²) < 4.78 is 6.99. The van der Waals surface area contributed by atoms with Crippen LogP contribution < -0.4 is 0 Å². The first-order chi connectivity index (χ1) is 15.0. The monoisotopic (exact) mass is 449 g/mol. The minimum absolute atomic E-state index is 0.0652. The summed E-state index contributed by atoms with van der Waals surface area (Å²) in [5.41, 5.74) is 4.53. The lowest BCUT2D eigenvalue weighted by molar-refractivity contribution is -0.116. The molecule has 0 spiro atoms. The fourth-order valence-electron chi connectivity index (χ4n) is 3.72. The minimum atomic E-state index is -0.602. The highest BCUT2D eigenvalue weighted by atomic mass is 35.5. The van der Waals surface area contributed by atoms with Crippen LogP contribution in [0.5, 0.6) is 0 Å². The van der Waals surface area contributed by atoms with E-state index in [0.29, 0.717) is 23.4 Å². The zero-order valence-electron chi connectivity index (χ0n) is 19.0. The van der Waals surface area contributed by atoms with Gasteiger partial charge in [-0.25, -0.2) is 4.79 Å². The van der Waals surface area contributed by atoms with Gasteiger partial charge in [0, 0.05) is 23.0 Å². The van der Waals surface area contributed by atoms with Gasteiger partial charge in [-0.2, -0.15) is 0 Å². The summed E-state index contributed by atoms with van der Waals surface area (Å²) in [6, 6.07) is 13.3. The summed E-state index contributed by atoms with van der Waals surface area (Å²) in [6.07, 6.45) is 2.07. The van der Waals surface area contributed by atoms with Gasteiger partial charge in [0.25, 0.3) is 0 Å². The Morgan fingerprint density at radius 3 is 2.25 bits per heavy atom. The van der Waals surface area contributed by atoms with Crippen molar-refractivity contribution in [2.24, 2.45) is 0 Å². The van der Waals surface area contributed by atoms with Gasteiger partial charge in [0.1, 0.15) is 11.4 Å². The van der Waals surface area contributed by atoms with E-state index in [1.807, 2.05) is 57.2 Å². The Bertz CT molecular complexity index is 1230. The number of halogens is 1. The molecule has 1 heterocycles. The van der Waals surface area contributed by atoms with Crippen LogP contribution in [0.2, 0.25) is 5.02 Å². The van der Waals surface area contributed by atoms with Crippen LogP contribution in [-0.4, -0.2) is 22.0 Å². The Kier molecular flexibility index (Phi) is 6.75. The second-order valence-corrected chi connectivity index (χ2v) is 9.41. The van der Waals surface area contributed by atoms with Crippen molar-refractivity contribution >= 4 is 45.5 Å². The van der Waals surface area contributed by atoms with Crippen LogP contribution in [0, 0.1) is 0 Å². The molecule has 0 aliphatic heterocycles. The van der Waals surface area contributed by atoms with Crippen LogP contribution >= 0.6 is 11.6 Å².